The maximum atomic E-state index is 10.5. The van der Waals surface area contributed by atoms with E-state index in [2.05, 4.69) is 22.2 Å². The Kier molecular flexibility index (Phi) is 8.78. The molecule has 164 valence electrons. The van der Waals surface area contributed by atoms with Crippen LogP contribution >= 0.6 is 11.6 Å². The molecule has 1 atom stereocenters. The van der Waals surface area contributed by atoms with Gasteiger partial charge < -0.3 is 24.8 Å². The van der Waals surface area contributed by atoms with Crippen LogP contribution in [-0.4, -0.2) is 74.5 Å². The topological polar surface area (TPSA) is 57.2 Å². The molecule has 1 heterocycles. The van der Waals surface area contributed by atoms with Gasteiger partial charge in [0.05, 0.1) is 7.11 Å². The van der Waals surface area contributed by atoms with E-state index < -0.39 is 6.10 Å². The largest absolute Gasteiger partial charge is 0.497 e. The molecule has 0 aliphatic carbocycles. The van der Waals surface area contributed by atoms with Gasteiger partial charge in [0.1, 0.15) is 24.2 Å². The van der Waals surface area contributed by atoms with Crippen LogP contribution in [0.15, 0.2) is 42.5 Å². The molecule has 6 nitrogen and oxygen atoms in total. The number of halogens is 1. The highest BCUT2D eigenvalue weighted by atomic mass is 35.5. The van der Waals surface area contributed by atoms with Gasteiger partial charge in [-0.1, -0.05) is 29.8 Å². The number of nitrogens with one attached hydrogen (secondary N) is 1. The van der Waals surface area contributed by atoms with Crippen molar-refractivity contribution in [3.05, 3.63) is 58.6 Å². The summed E-state index contributed by atoms with van der Waals surface area (Å²) in [6.07, 6.45) is -0.535. The summed E-state index contributed by atoms with van der Waals surface area (Å²) in [6.45, 7) is 6.24. The Morgan fingerprint density at radius 3 is 2.63 bits per heavy atom. The second-order valence-corrected chi connectivity index (χ2v) is 8.21. The van der Waals surface area contributed by atoms with Crippen LogP contribution in [0.1, 0.15) is 11.1 Å². The second-order valence-electron chi connectivity index (χ2n) is 7.78. The molecule has 3 rings (SSSR count). The van der Waals surface area contributed by atoms with E-state index in [-0.39, 0.29) is 6.61 Å². The molecule has 30 heavy (non-hydrogen) atoms. The van der Waals surface area contributed by atoms with Crippen LogP contribution in [0.25, 0.3) is 0 Å². The second kappa shape index (κ2) is 11.5. The minimum absolute atomic E-state index is 0.251. The monoisotopic (exact) mass is 433 g/mol. The normalized spacial score (nSPS) is 16.4. The molecule has 1 fully saturated rings. The van der Waals surface area contributed by atoms with Crippen LogP contribution in [-0.2, 0) is 13.1 Å². The minimum Gasteiger partial charge on any atom is -0.497 e. The van der Waals surface area contributed by atoms with Crippen molar-refractivity contribution in [2.45, 2.75) is 19.2 Å². The standard InChI is InChI=1S/C23H32ClN3O3/c1-26-8-10-27(11-9-26)16-21(28)17-30-23-13-22(29-2)7-6-19(23)15-25-14-18-4-3-5-20(24)12-18/h3-7,12-13,21,25,28H,8-11,14-17H2,1-2H3/t21-/m1/s1. The molecule has 7 heteroatoms. The van der Waals surface area contributed by atoms with Crippen LogP contribution in [0.5, 0.6) is 11.5 Å². The summed E-state index contributed by atoms with van der Waals surface area (Å²) >= 11 is 6.06. The molecule has 0 amide bonds. The van der Waals surface area contributed by atoms with Gasteiger partial charge in [-0.25, -0.2) is 0 Å². The zero-order valence-corrected chi connectivity index (χ0v) is 18.6. The Labute approximate surface area is 184 Å². The van der Waals surface area contributed by atoms with Crippen molar-refractivity contribution in [3.8, 4) is 11.5 Å². The van der Waals surface area contributed by atoms with E-state index in [9.17, 15) is 5.11 Å². The number of ether oxygens (including phenoxy) is 2. The summed E-state index contributed by atoms with van der Waals surface area (Å²) in [7, 11) is 3.76. The van der Waals surface area contributed by atoms with Crippen molar-refractivity contribution in [3.63, 3.8) is 0 Å². The molecule has 1 aliphatic rings. The number of piperazine rings is 1. The van der Waals surface area contributed by atoms with Gasteiger partial charge in [0.15, 0.2) is 0 Å². The summed E-state index contributed by atoms with van der Waals surface area (Å²) in [4.78, 5) is 4.59. The third kappa shape index (κ3) is 7.15. The summed E-state index contributed by atoms with van der Waals surface area (Å²) < 4.78 is 11.3. The highest BCUT2D eigenvalue weighted by Gasteiger charge is 2.18. The zero-order chi connectivity index (χ0) is 21.3. The van der Waals surface area contributed by atoms with Crippen molar-refractivity contribution >= 4 is 11.6 Å². The molecule has 2 aromatic carbocycles. The van der Waals surface area contributed by atoms with Gasteiger partial charge in [-0.2, -0.15) is 0 Å². The first-order valence-corrected chi connectivity index (χ1v) is 10.7. The summed E-state index contributed by atoms with van der Waals surface area (Å²) in [5.41, 5.74) is 2.14. The lowest BCUT2D eigenvalue weighted by Gasteiger charge is -2.33. The zero-order valence-electron chi connectivity index (χ0n) is 17.8. The van der Waals surface area contributed by atoms with E-state index in [1.54, 1.807) is 7.11 Å². The van der Waals surface area contributed by atoms with Crippen molar-refractivity contribution in [1.82, 2.24) is 15.1 Å². The summed E-state index contributed by atoms with van der Waals surface area (Å²) in [6, 6.07) is 13.6. The number of rotatable bonds is 10. The molecule has 0 bridgehead atoms. The predicted octanol–water partition coefficient (Wildman–Crippen LogP) is 2.63. The lowest BCUT2D eigenvalue weighted by molar-refractivity contribution is 0.0501. The lowest BCUT2D eigenvalue weighted by atomic mass is 10.1. The molecule has 2 aromatic rings. The number of nitrogens with zero attached hydrogens (tertiary/aromatic N) is 2. The summed E-state index contributed by atoms with van der Waals surface area (Å²) in [5.74, 6) is 1.46. The number of hydrogen-bond donors (Lipinski definition) is 2. The Bertz CT molecular complexity index is 797. The third-order valence-electron chi connectivity index (χ3n) is 5.30. The maximum absolute atomic E-state index is 10.5. The SMILES string of the molecule is COc1ccc(CNCc2cccc(Cl)c2)c(OC[C@H](O)CN2CCN(C)CC2)c1. The van der Waals surface area contributed by atoms with Crippen molar-refractivity contribution in [2.24, 2.45) is 0 Å². The fourth-order valence-electron chi connectivity index (χ4n) is 3.50. The average molecular weight is 434 g/mol. The minimum atomic E-state index is -0.535. The van der Waals surface area contributed by atoms with Gasteiger partial charge in [0.2, 0.25) is 0 Å². The first-order chi connectivity index (χ1) is 14.5. The molecule has 0 spiro atoms. The molecular weight excluding hydrogens is 402 g/mol. The number of benzene rings is 2. The van der Waals surface area contributed by atoms with Gasteiger partial charge in [0.25, 0.3) is 0 Å². The van der Waals surface area contributed by atoms with Crippen LogP contribution in [0.3, 0.4) is 0 Å². The quantitative estimate of drug-likeness (QED) is 0.600. The highest BCUT2D eigenvalue weighted by molar-refractivity contribution is 6.30. The first-order valence-electron chi connectivity index (χ1n) is 10.4. The van der Waals surface area contributed by atoms with E-state index in [0.717, 1.165) is 53.8 Å². The number of aliphatic hydroxyl groups is 1. The van der Waals surface area contributed by atoms with Crippen LogP contribution < -0.4 is 14.8 Å². The maximum Gasteiger partial charge on any atom is 0.127 e. The van der Waals surface area contributed by atoms with Gasteiger partial charge in [-0.05, 0) is 30.8 Å². The predicted molar refractivity (Wildman–Crippen MR) is 120 cm³/mol. The molecule has 2 N–H and O–H groups in total. The number of methoxy groups -OCH3 is 1. The van der Waals surface area contributed by atoms with E-state index in [4.69, 9.17) is 21.1 Å². The van der Waals surface area contributed by atoms with E-state index in [1.165, 1.54) is 0 Å². The molecule has 0 aromatic heterocycles. The third-order valence-corrected chi connectivity index (χ3v) is 5.54. The van der Waals surface area contributed by atoms with Crippen LogP contribution in [0.2, 0.25) is 5.02 Å². The average Bonchev–Trinajstić information content (AvgIpc) is 2.74. The lowest BCUT2D eigenvalue weighted by Crippen LogP contribution is -2.47. The molecular formula is C23H32ClN3O3. The fourth-order valence-corrected chi connectivity index (χ4v) is 3.71. The first kappa shape index (κ1) is 22.8. The highest BCUT2D eigenvalue weighted by Crippen LogP contribution is 2.25. The molecule has 1 aliphatic heterocycles. The van der Waals surface area contributed by atoms with Crippen LogP contribution in [0.4, 0.5) is 0 Å². The van der Waals surface area contributed by atoms with Crippen molar-refractivity contribution in [1.29, 1.82) is 0 Å². The Morgan fingerprint density at radius 2 is 1.90 bits per heavy atom. The Hall–Kier alpha value is -1.83. The number of hydrogen-bond acceptors (Lipinski definition) is 6. The van der Waals surface area contributed by atoms with Gasteiger partial charge in [-0.3, -0.25) is 4.90 Å². The Morgan fingerprint density at radius 1 is 1.10 bits per heavy atom. The fraction of sp³-hybridized carbons (Fsp3) is 0.478. The molecule has 0 radical (unpaired) electrons. The number of β-amino-alcohol motifs (C(OH)–C–C–N with tert-alkyl or cyclic N) is 1. The number of aliphatic hydroxyl groups excluding tert-OH is 1. The van der Waals surface area contributed by atoms with E-state index >= 15 is 0 Å². The van der Waals surface area contributed by atoms with Gasteiger partial charge in [0, 0.05) is 62.5 Å². The number of likely N-dealkylation sites (N-methyl/N-ethyl adjacent to an activating group) is 1. The van der Waals surface area contributed by atoms with Crippen molar-refractivity contribution in [2.75, 3.05) is 53.5 Å². The van der Waals surface area contributed by atoms with E-state index in [0.29, 0.717) is 19.6 Å². The van der Waals surface area contributed by atoms with Gasteiger partial charge >= 0.3 is 0 Å². The molecule has 0 unspecified atom stereocenters. The van der Waals surface area contributed by atoms with Gasteiger partial charge in [-0.15, -0.1) is 0 Å². The summed E-state index contributed by atoms with van der Waals surface area (Å²) in [5, 5.41) is 14.6. The van der Waals surface area contributed by atoms with Crippen LogP contribution in [0, 0.1) is 0 Å². The van der Waals surface area contributed by atoms with Crippen molar-refractivity contribution < 1.29 is 14.6 Å². The molecule has 0 saturated carbocycles. The smallest absolute Gasteiger partial charge is 0.127 e. The Balaban J connectivity index is 1.53. The van der Waals surface area contributed by atoms with E-state index in [1.807, 2.05) is 42.5 Å². The molecule has 1 saturated heterocycles.